The van der Waals surface area contributed by atoms with Crippen LogP contribution in [0.15, 0.2) is 36.5 Å². The molecule has 0 saturated heterocycles. The first-order valence-electron chi connectivity index (χ1n) is 13.0. The highest BCUT2D eigenvalue weighted by atomic mass is 35.5. The van der Waals surface area contributed by atoms with Crippen LogP contribution in [-0.4, -0.2) is 33.5 Å². The van der Waals surface area contributed by atoms with Gasteiger partial charge in [0, 0.05) is 43.4 Å². The van der Waals surface area contributed by atoms with E-state index < -0.39 is 18.4 Å². The summed E-state index contributed by atoms with van der Waals surface area (Å²) in [6.45, 7) is 7.03. The number of hydrogen-bond donors (Lipinski definition) is 3. The summed E-state index contributed by atoms with van der Waals surface area (Å²) in [5, 5.41) is 10.5. The summed E-state index contributed by atoms with van der Waals surface area (Å²) in [7, 11) is 1.77. The molecule has 42 heavy (non-hydrogen) atoms. The zero-order chi connectivity index (χ0) is 30.8. The number of aromatic nitrogens is 3. The molecule has 4 aromatic rings. The molecule has 0 saturated carbocycles. The molecule has 0 unspecified atom stereocenters. The normalized spacial score (nSPS) is 11.7. The number of anilines is 3. The lowest BCUT2D eigenvalue weighted by Crippen LogP contribution is -2.34. The van der Waals surface area contributed by atoms with Crippen LogP contribution in [0.1, 0.15) is 37.5 Å². The van der Waals surface area contributed by atoms with Crippen LogP contribution in [0.3, 0.4) is 0 Å². The molecule has 224 valence electrons. The number of imidazole rings is 1. The van der Waals surface area contributed by atoms with Crippen molar-refractivity contribution in [1.82, 2.24) is 19.9 Å². The van der Waals surface area contributed by atoms with E-state index in [1.54, 1.807) is 41.9 Å². The number of halogens is 5. The zero-order valence-corrected chi connectivity index (χ0v) is 26.0. The number of aryl methyl sites for hydroxylation is 2. The minimum atomic E-state index is -2.64. The van der Waals surface area contributed by atoms with Crippen molar-refractivity contribution in [2.24, 2.45) is 12.5 Å². The minimum absolute atomic E-state index is 0.115. The second-order valence-electron chi connectivity index (χ2n) is 10.8. The monoisotopic (exact) mass is 638 g/mol. The Morgan fingerprint density at radius 3 is 2.50 bits per heavy atom. The van der Waals surface area contributed by atoms with Gasteiger partial charge in [0.1, 0.15) is 18.2 Å². The van der Waals surface area contributed by atoms with Gasteiger partial charge in [-0.25, -0.2) is 18.7 Å². The van der Waals surface area contributed by atoms with Crippen molar-refractivity contribution in [3.8, 4) is 5.75 Å². The van der Waals surface area contributed by atoms with E-state index in [2.05, 4.69) is 20.9 Å². The van der Waals surface area contributed by atoms with Crippen molar-refractivity contribution < 1.29 is 18.3 Å². The molecule has 0 aliphatic rings. The SMILES string of the molecule is Cc1cc(Cl)cnc1NCc1cc2nc(Nc3c(Cl)ccc(CNC(=O)C(C)(C)C)c3Cl)n(C)c2cc1OCC(F)F. The fourth-order valence-corrected chi connectivity index (χ4v) is 4.85. The van der Waals surface area contributed by atoms with Crippen LogP contribution in [0.2, 0.25) is 15.1 Å². The van der Waals surface area contributed by atoms with Gasteiger partial charge in [-0.2, -0.15) is 0 Å². The Morgan fingerprint density at radius 1 is 1.10 bits per heavy atom. The van der Waals surface area contributed by atoms with E-state index in [1.807, 2.05) is 27.7 Å². The second kappa shape index (κ2) is 12.9. The molecule has 0 aliphatic heterocycles. The number of hydrogen-bond acceptors (Lipinski definition) is 6. The number of amides is 1. The highest BCUT2D eigenvalue weighted by molar-refractivity contribution is 6.39. The quantitative estimate of drug-likeness (QED) is 0.163. The molecule has 0 radical (unpaired) electrons. The molecule has 4 rings (SSSR count). The molecular weight excluding hydrogens is 609 g/mol. The number of fused-ring (bicyclic) bond motifs is 1. The van der Waals surface area contributed by atoms with Crippen LogP contribution in [-0.2, 0) is 24.9 Å². The molecule has 0 spiro atoms. The van der Waals surface area contributed by atoms with Crippen molar-refractivity contribution in [2.45, 2.75) is 47.2 Å². The molecule has 8 nitrogen and oxygen atoms in total. The molecule has 3 N–H and O–H groups in total. The zero-order valence-electron chi connectivity index (χ0n) is 23.7. The van der Waals surface area contributed by atoms with Crippen molar-refractivity contribution in [2.75, 3.05) is 17.2 Å². The van der Waals surface area contributed by atoms with Crippen molar-refractivity contribution >= 4 is 69.2 Å². The number of pyridine rings is 1. The number of nitrogens with zero attached hydrogens (tertiary/aromatic N) is 3. The summed E-state index contributed by atoms with van der Waals surface area (Å²) < 4.78 is 33.3. The van der Waals surface area contributed by atoms with Crippen LogP contribution in [0.4, 0.5) is 26.2 Å². The van der Waals surface area contributed by atoms with Gasteiger partial charge >= 0.3 is 0 Å². The van der Waals surface area contributed by atoms with E-state index >= 15 is 0 Å². The Kier molecular flexibility index (Phi) is 9.70. The molecule has 0 fully saturated rings. The number of rotatable bonds is 10. The maximum absolute atomic E-state index is 13.1. The lowest BCUT2D eigenvalue weighted by molar-refractivity contribution is -0.128. The van der Waals surface area contributed by atoms with E-state index in [4.69, 9.17) is 44.5 Å². The highest BCUT2D eigenvalue weighted by Crippen LogP contribution is 2.37. The molecule has 2 aromatic carbocycles. The van der Waals surface area contributed by atoms with Gasteiger partial charge in [-0.3, -0.25) is 4.79 Å². The smallest absolute Gasteiger partial charge is 0.272 e. The first-order valence-corrected chi connectivity index (χ1v) is 14.2. The summed E-state index contributed by atoms with van der Waals surface area (Å²) in [5.41, 5.74) is 3.19. The molecular formula is C29H31Cl3F2N6O2. The van der Waals surface area contributed by atoms with Gasteiger partial charge in [-0.05, 0) is 36.2 Å². The van der Waals surface area contributed by atoms with E-state index in [0.717, 1.165) is 5.56 Å². The third kappa shape index (κ3) is 7.35. The molecule has 13 heteroatoms. The fraction of sp³-hybridized carbons (Fsp3) is 0.345. The van der Waals surface area contributed by atoms with Crippen molar-refractivity contribution in [3.05, 3.63) is 68.3 Å². The molecule has 2 aromatic heterocycles. The summed E-state index contributed by atoms with van der Waals surface area (Å²) >= 11 is 19.2. The van der Waals surface area contributed by atoms with Gasteiger partial charge in [0.2, 0.25) is 11.9 Å². The van der Waals surface area contributed by atoms with E-state index in [-0.39, 0.29) is 24.7 Å². The van der Waals surface area contributed by atoms with Crippen molar-refractivity contribution in [1.29, 1.82) is 0 Å². The Morgan fingerprint density at radius 2 is 1.83 bits per heavy atom. The van der Waals surface area contributed by atoms with E-state index in [1.165, 1.54) is 6.20 Å². The lowest BCUT2D eigenvalue weighted by atomic mass is 9.95. The summed E-state index contributed by atoms with van der Waals surface area (Å²) in [6.07, 6.45) is -1.12. The Balaban J connectivity index is 1.65. The topological polar surface area (TPSA) is 93.1 Å². The van der Waals surface area contributed by atoms with Gasteiger partial charge < -0.3 is 25.3 Å². The van der Waals surface area contributed by atoms with Crippen LogP contribution >= 0.6 is 34.8 Å². The predicted molar refractivity (Wildman–Crippen MR) is 165 cm³/mol. The lowest BCUT2D eigenvalue weighted by Gasteiger charge is -2.19. The summed E-state index contributed by atoms with van der Waals surface area (Å²) in [4.78, 5) is 21.4. The summed E-state index contributed by atoms with van der Waals surface area (Å²) in [6, 6.07) is 8.63. The largest absolute Gasteiger partial charge is 0.487 e. The van der Waals surface area contributed by atoms with Gasteiger partial charge in [0.15, 0.2) is 0 Å². The number of carbonyl (C=O) groups is 1. The standard InChI is InChI=1S/C29H31Cl3F2N6O2/c1-15-8-18(30)13-36-26(15)35-12-17-9-20-21(10-22(17)42-14-23(33)34)40(5)28(38-20)39-25-19(31)7-6-16(24(25)32)11-37-27(41)29(2,3)4/h6-10,13,23H,11-12,14H2,1-5H3,(H,35,36)(H,37,41)(H,38,39). The summed E-state index contributed by atoms with van der Waals surface area (Å²) in [5.74, 6) is 1.18. The van der Waals surface area contributed by atoms with Gasteiger partial charge in [-0.1, -0.05) is 61.6 Å². The number of alkyl halides is 2. The number of benzene rings is 2. The first-order chi connectivity index (χ1) is 19.7. The Bertz CT molecular complexity index is 1620. The third-order valence-corrected chi connectivity index (χ3v) is 7.40. The third-order valence-electron chi connectivity index (χ3n) is 6.45. The van der Waals surface area contributed by atoms with E-state index in [0.29, 0.717) is 54.7 Å². The molecule has 0 bridgehead atoms. The number of carbonyl (C=O) groups excluding carboxylic acids is 1. The second-order valence-corrected chi connectivity index (χ2v) is 12.0. The number of ether oxygens (including phenoxy) is 1. The van der Waals surface area contributed by atoms with Crippen LogP contribution in [0, 0.1) is 12.3 Å². The van der Waals surface area contributed by atoms with E-state index in [9.17, 15) is 13.6 Å². The van der Waals surface area contributed by atoms with Gasteiger partial charge in [0.25, 0.3) is 6.43 Å². The van der Waals surface area contributed by atoms with Crippen molar-refractivity contribution in [3.63, 3.8) is 0 Å². The minimum Gasteiger partial charge on any atom is -0.487 e. The van der Waals surface area contributed by atoms with Gasteiger partial charge in [-0.15, -0.1) is 0 Å². The predicted octanol–water partition coefficient (Wildman–Crippen LogP) is 7.90. The maximum atomic E-state index is 13.1. The first kappa shape index (κ1) is 31.6. The maximum Gasteiger partial charge on any atom is 0.272 e. The van der Waals surface area contributed by atoms with Gasteiger partial charge in [0.05, 0.1) is 31.8 Å². The molecule has 2 heterocycles. The van der Waals surface area contributed by atoms with Crippen LogP contribution in [0.5, 0.6) is 5.75 Å². The number of nitrogens with one attached hydrogen (secondary N) is 3. The van der Waals surface area contributed by atoms with Crippen LogP contribution in [0.25, 0.3) is 11.0 Å². The molecule has 0 atom stereocenters. The average molecular weight is 640 g/mol. The Hall–Kier alpha value is -3.34. The highest BCUT2D eigenvalue weighted by Gasteiger charge is 2.22. The van der Waals surface area contributed by atoms with Crippen LogP contribution < -0.4 is 20.7 Å². The molecule has 0 aliphatic carbocycles. The average Bonchev–Trinajstić information content (AvgIpc) is 3.21. The fourth-order valence-electron chi connectivity index (χ4n) is 4.10. The molecule has 1 amide bonds. The Labute approximate surface area is 257 Å².